The molecule has 0 aliphatic rings. The van der Waals surface area contributed by atoms with Crippen LogP contribution in [0.15, 0.2) is 24.5 Å². The van der Waals surface area contributed by atoms with Gasteiger partial charge in [0.05, 0.1) is 4.92 Å². The van der Waals surface area contributed by atoms with E-state index in [0.717, 1.165) is 11.4 Å². The maximum atomic E-state index is 11.0. The molecule has 0 saturated heterocycles. The number of nitrogens with one attached hydrogen (secondary N) is 1. The van der Waals surface area contributed by atoms with Gasteiger partial charge in [-0.15, -0.1) is 10.2 Å². The van der Waals surface area contributed by atoms with Crippen molar-refractivity contribution in [3.05, 3.63) is 46.0 Å². The zero-order valence-corrected chi connectivity index (χ0v) is 10.8. The first-order valence-electron chi connectivity index (χ1n) is 5.89. The lowest BCUT2D eigenvalue weighted by molar-refractivity contribution is -0.384. The topological polar surface area (TPSA) is 85.9 Å². The first-order valence-corrected chi connectivity index (χ1v) is 5.89. The largest absolute Gasteiger partial charge is 0.379 e. The van der Waals surface area contributed by atoms with Crippen LogP contribution in [0.5, 0.6) is 0 Å². The van der Waals surface area contributed by atoms with Crippen molar-refractivity contribution in [2.24, 2.45) is 7.05 Å². The lowest BCUT2D eigenvalue weighted by Gasteiger charge is -2.07. The Morgan fingerprint density at radius 2 is 2.26 bits per heavy atom. The molecule has 1 N–H and O–H groups in total. The molecule has 7 nitrogen and oxygen atoms in total. The van der Waals surface area contributed by atoms with Crippen molar-refractivity contribution in [2.45, 2.75) is 13.3 Å². The summed E-state index contributed by atoms with van der Waals surface area (Å²) in [4.78, 5) is 10.6. The third-order valence-corrected chi connectivity index (χ3v) is 2.82. The second kappa shape index (κ2) is 5.47. The van der Waals surface area contributed by atoms with Gasteiger partial charge in [-0.3, -0.25) is 10.1 Å². The summed E-state index contributed by atoms with van der Waals surface area (Å²) in [6.45, 7) is 2.40. The van der Waals surface area contributed by atoms with Crippen LogP contribution in [-0.2, 0) is 13.5 Å². The highest BCUT2D eigenvalue weighted by atomic mass is 16.6. The fourth-order valence-electron chi connectivity index (χ4n) is 1.78. The average molecular weight is 261 g/mol. The number of hydrogen-bond acceptors (Lipinski definition) is 5. The smallest absolute Gasteiger partial charge is 0.292 e. The molecule has 2 rings (SSSR count). The van der Waals surface area contributed by atoms with Crippen molar-refractivity contribution in [2.75, 3.05) is 11.9 Å². The van der Waals surface area contributed by atoms with Gasteiger partial charge >= 0.3 is 0 Å². The number of nitro benzene ring substituents is 1. The second-order valence-electron chi connectivity index (χ2n) is 4.31. The van der Waals surface area contributed by atoms with Gasteiger partial charge < -0.3 is 9.88 Å². The minimum Gasteiger partial charge on any atom is -0.379 e. The summed E-state index contributed by atoms with van der Waals surface area (Å²) in [5.74, 6) is 0.835. The summed E-state index contributed by atoms with van der Waals surface area (Å²) in [6.07, 6.45) is 2.28. The predicted molar refractivity (Wildman–Crippen MR) is 71.0 cm³/mol. The van der Waals surface area contributed by atoms with Crippen LogP contribution in [0.4, 0.5) is 11.4 Å². The van der Waals surface area contributed by atoms with Crippen molar-refractivity contribution >= 4 is 11.4 Å². The van der Waals surface area contributed by atoms with Crippen LogP contribution >= 0.6 is 0 Å². The zero-order chi connectivity index (χ0) is 13.8. The van der Waals surface area contributed by atoms with E-state index < -0.39 is 0 Å². The molecule has 0 saturated carbocycles. The molecular formula is C12H15N5O2. The number of nitro groups is 1. The number of aryl methyl sites for hydroxylation is 2. The molecule has 0 aliphatic heterocycles. The van der Waals surface area contributed by atoms with Gasteiger partial charge in [-0.05, 0) is 18.6 Å². The molecule has 0 amide bonds. The van der Waals surface area contributed by atoms with E-state index in [1.54, 1.807) is 18.5 Å². The number of nitrogens with zero attached hydrogens (tertiary/aromatic N) is 4. The first kappa shape index (κ1) is 13.0. The van der Waals surface area contributed by atoms with Crippen LogP contribution in [0.2, 0.25) is 0 Å². The fourth-order valence-corrected chi connectivity index (χ4v) is 1.78. The molecule has 1 heterocycles. The van der Waals surface area contributed by atoms with Gasteiger partial charge in [-0.1, -0.05) is 6.07 Å². The predicted octanol–water partition coefficient (Wildman–Crippen LogP) is 1.69. The lowest BCUT2D eigenvalue weighted by atomic mass is 10.2. The molecule has 100 valence electrons. The fraction of sp³-hybridized carbons (Fsp3) is 0.333. The number of rotatable bonds is 5. The van der Waals surface area contributed by atoms with E-state index >= 15 is 0 Å². The second-order valence-corrected chi connectivity index (χ2v) is 4.31. The molecule has 7 heteroatoms. The molecule has 0 bridgehead atoms. The average Bonchev–Trinajstić information content (AvgIpc) is 2.77. The van der Waals surface area contributed by atoms with Gasteiger partial charge in [-0.25, -0.2) is 0 Å². The SMILES string of the molecule is Cc1ccc(NCCc2nncn2C)c([N+](=O)[O-])c1. The highest BCUT2D eigenvalue weighted by Crippen LogP contribution is 2.25. The standard InChI is InChI=1S/C12H15N5O2/c1-9-3-4-10(11(7-9)17(18)19)13-6-5-12-15-14-8-16(12)2/h3-4,7-8,13H,5-6H2,1-2H3. The molecule has 1 aromatic carbocycles. The highest BCUT2D eigenvalue weighted by Gasteiger charge is 2.13. The molecule has 0 unspecified atom stereocenters. The summed E-state index contributed by atoms with van der Waals surface area (Å²) in [6, 6.07) is 5.13. The van der Waals surface area contributed by atoms with Gasteiger partial charge in [0.1, 0.15) is 17.8 Å². The summed E-state index contributed by atoms with van der Waals surface area (Å²) in [5.41, 5.74) is 1.49. The molecule has 19 heavy (non-hydrogen) atoms. The Morgan fingerprint density at radius 3 is 2.89 bits per heavy atom. The molecule has 2 aromatic rings. The van der Waals surface area contributed by atoms with Crippen LogP contribution in [0.1, 0.15) is 11.4 Å². The summed E-state index contributed by atoms with van der Waals surface area (Å²) in [5, 5.41) is 21.8. The molecular weight excluding hydrogens is 246 g/mol. The minimum absolute atomic E-state index is 0.0953. The van der Waals surface area contributed by atoms with Crippen molar-refractivity contribution < 1.29 is 4.92 Å². The quantitative estimate of drug-likeness (QED) is 0.653. The maximum absolute atomic E-state index is 11.0. The van der Waals surface area contributed by atoms with Crippen molar-refractivity contribution in [1.82, 2.24) is 14.8 Å². The van der Waals surface area contributed by atoms with Crippen LogP contribution in [-0.4, -0.2) is 26.2 Å². The van der Waals surface area contributed by atoms with E-state index in [4.69, 9.17) is 0 Å². The third-order valence-electron chi connectivity index (χ3n) is 2.82. The summed E-state index contributed by atoms with van der Waals surface area (Å²) in [7, 11) is 1.86. The third kappa shape index (κ3) is 3.06. The van der Waals surface area contributed by atoms with Crippen LogP contribution in [0, 0.1) is 17.0 Å². The highest BCUT2D eigenvalue weighted by molar-refractivity contribution is 5.62. The van der Waals surface area contributed by atoms with Gasteiger partial charge in [0.2, 0.25) is 0 Å². The van der Waals surface area contributed by atoms with Gasteiger partial charge in [0, 0.05) is 26.1 Å². The lowest BCUT2D eigenvalue weighted by Crippen LogP contribution is -2.10. The van der Waals surface area contributed by atoms with E-state index in [9.17, 15) is 10.1 Å². The van der Waals surface area contributed by atoms with Crippen LogP contribution in [0.3, 0.4) is 0 Å². The van der Waals surface area contributed by atoms with Crippen molar-refractivity contribution in [3.63, 3.8) is 0 Å². The van der Waals surface area contributed by atoms with Crippen LogP contribution < -0.4 is 5.32 Å². The van der Waals surface area contributed by atoms with Gasteiger partial charge in [-0.2, -0.15) is 0 Å². The zero-order valence-electron chi connectivity index (χ0n) is 10.8. The van der Waals surface area contributed by atoms with E-state index in [0.29, 0.717) is 18.7 Å². The Labute approximate surface area is 110 Å². The molecule has 0 fully saturated rings. The maximum Gasteiger partial charge on any atom is 0.292 e. The molecule has 0 aliphatic carbocycles. The molecule has 1 aromatic heterocycles. The molecule has 0 radical (unpaired) electrons. The van der Waals surface area contributed by atoms with E-state index in [1.807, 2.05) is 24.6 Å². The summed E-state index contributed by atoms with van der Waals surface area (Å²) >= 11 is 0. The Bertz CT molecular complexity index is 594. The van der Waals surface area contributed by atoms with Crippen molar-refractivity contribution in [1.29, 1.82) is 0 Å². The minimum atomic E-state index is -0.377. The Balaban J connectivity index is 2.03. The van der Waals surface area contributed by atoms with Crippen molar-refractivity contribution in [3.8, 4) is 0 Å². The van der Waals surface area contributed by atoms with E-state index in [1.165, 1.54) is 0 Å². The molecule has 0 atom stereocenters. The Kier molecular flexibility index (Phi) is 3.74. The normalized spacial score (nSPS) is 10.4. The van der Waals surface area contributed by atoms with Crippen LogP contribution in [0.25, 0.3) is 0 Å². The van der Waals surface area contributed by atoms with E-state index in [-0.39, 0.29) is 10.6 Å². The van der Waals surface area contributed by atoms with E-state index in [2.05, 4.69) is 15.5 Å². The number of benzene rings is 1. The van der Waals surface area contributed by atoms with Gasteiger partial charge in [0.15, 0.2) is 0 Å². The number of hydrogen-bond donors (Lipinski definition) is 1. The summed E-state index contributed by atoms with van der Waals surface area (Å²) < 4.78 is 1.82. The number of anilines is 1. The molecule has 0 spiro atoms. The Morgan fingerprint density at radius 1 is 1.47 bits per heavy atom. The first-order chi connectivity index (χ1) is 9.08. The van der Waals surface area contributed by atoms with Gasteiger partial charge in [0.25, 0.3) is 5.69 Å². The number of aromatic nitrogens is 3. The monoisotopic (exact) mass is 261 g/mol. The Hall–Kier alpha value is -2.44.